The lowest BCUT2D eigenvalue weighted by Crippen LogP contribution is -2.26. The summed E-state index contributed by atoms with van der Waals surface area (Å²) < 4.78 is 43.1. The molecule has 0 amide bonds. The number of allylic oxidation sites excluding steroid dienone is 1. The Hall–Kier alpha value is -3.09. The minimum atomic E-state index is -4.96. The van der Waals surface area contributed by atoms with Crippen LogP contribution in [0.2, 0.25) is 0 Å². The number of benzene rings is 2. The van der Waals surface area contributed by atoms with E-state index in [4.69, 9.17) is 0 Å². The third-order valence-corrected chi connectivity index (χ3v) is 3.51. The molecular weight excluding hydrogens is 347 g/mol. The van der Waals surface area contributed by atoms with Crippen LogP contribution < -0.4 is 5.32 Å². The van der Waals surface area contributed by atoms with Crippen LogP contribution in [-0.4, -0.2) is 25.0 Å². The number of alkyl halides is 3. The molecule has 2 rings (SSSR count). The van der Waals surface area contributed by atoms with E-state index >= 15 is 0 Å². The predicted molar refractivity (Wildman–Crippen MR) is 90.7 cm³/mol. The van der Waals surface area contributed by atoms with Gasteiger partial charge in [-0.15, -0.1) is 0 Å². The lowest BCUT2D eigenvalue weighted by Gasteiger charge is -2.11. The molecule has 0 bridgehead atoms. The van der Waals surface area contributed by atoms with Crippen LogP contribution in [0.25, 0.3) is 0 Å². The molecule has 4 nitrogen and oxygen atoms in total. The predicted octanol–water partition coefficient (Wildman–Crippen LogP) is 4.14. The average molecular weight is 363 g/mol. The summed E-state index contributed by atoms with van der Waals surface area (Å²) in [6, 6.07) is 14.3. The van der Waals surface area contributed by atoms with Crippen molar-refractivity contribution in [3.63, 3.8) is 0 Å². The van der Waals surface area contributed by atoms with Crippen molar-refractivity contribution >= 4 is 17.4 Å². The zero-order chi connectivity index (χ0) is 19.2. The first-order valence-corrected chi connectivity index (χ1v) is 7.60. The van der Waals surface area contributed by atoms with Gasteiger partial charge in [-0.05, 0) is 29.8 Å². The molecule has 0 radical (unpaired) electrons. The van der Waals surface area contributed by atoms with Crippen LogP contribution in [0.4, 0.5) is 18.9 Å². The smallest absolute Gasteiger partial charge is 0.454 e. The SMILES string of the molecule is COC(=O)c1ccc(N/C=C(\Cc2ccccc2)C(=O)C(F)(F)F)cc1. The van der Waals surface area contributed by atoms with Gasteiger partial charge in [-0.1, -0.05) is 30.3 Å². The number of halogens is 3. The minimum absolute atomic E-state index is 0.160. The highest BCUT2D eigenvalue weighted by molar-refractivity contribution is 6.00. The molecule has 136 valence electrons. The monoisotopic (exact) mass is 363 g/mol. The summed E-state index contributed by atoms with van der Waals surface area (Å²) in [7, 11) is 1.25. The Balaban J connectivity index is 2.21. The number of hydrogen-bond acceptors (Lipinski definition) is 4. The van der Waals surface area contributed by atoms with E-state index in [0.29, 0.717) is 16.8 Å². The average Bonchev–Trinajstić information content (AvgIpc) is 2.64. The van der Waals surface area contributed by atoms with Crippen molar-refractivity contribution in [2.75, 3.05) is 12.4 Å². The summed E-state index contributed by atoms with van der Waals surface area (Å²) >= 11 is 0. The summed E-state index contributed by atoms with van der Waals surface area (Å²) in [5, 5.41) is 2.67. The topological polar surface area (TPSA) is 55.4 Å². The van der Waals surface area contributed by atoms with Gasteiger partial charge in [0, 0.05) is 23.9 Å². The van der Waals surface area contributed by atoms with Crippen molar-refractivity contribution in [3.05, 3.63) is 77.5 Å². The molecule has 0 saturated carbocycles. The molecule has 7 heteroatoms. The zero-order valence-corrected chi connectivity index (χ0v) is 13.8. The molecule has 0 heterocycles. The van der Waals surface area contributed by atoms with E-state index in [-0.39, 0.29) is 6.42 Å². The third-order valence-electron chi connectivity index (χ3n) is 3.51. The van der Waals surface area contributed by atoms with Gasteiger partial charge in [0.05, 0.1) is 12.7 Å². The Morgan fingerprint density at radius 3 is 2.19 bits per heavy atom. The van der Waals surface area contributed by atoms with Crippen LogP contribution in [0.15, 0.2) is 66.4 Å². The first-order chi connectivity index (χ1) is 12.3. The van der Waals surface area contributed by atoms with Crippen LogP contribution in [0.3, 0.4) is 0 Å². The number of rotatable bonds is 6. The summed E-state index contributed by atoms with van der Waals surface area (Å²) in [5.41, 5.74) is 0.899. The van der Waals surface area contributed by atoms with Crippen LogP contribution in [-0.2, 0) is 16.0 Å². The fourth-order valence-corrected chi connectivity index (χ4v) is 2.19. The standard InChI is InChI=1S/C19H16F3NO3/c1-26-18(25)14-7-9-16(10-8-14)23-12-15(17(24)19(20,21)22)11-13-5-3-2-4-6-13/h2-10,12,23H,11H2,1H3/b15-12+. The Bertz CT molecular complexity index is 797. The highest BCUT2D eigenvalue weighted by atomic mass is 19.4. The van der Waals surface area contributed by atoms with Crippen molar-refractivity contribution < 1.29 is 27.5 Å². The lowest BCUT2D eigenvalue weighted by molar-refractivity contribution is -0.166. The van der Waals surface area contributed by atoms with Gasteiger partial charge in [0.25, 0.3) is 5.78 Å². The van der Waals surface area contributed by atoms with Crippen molar-refractivity contribution in [2.45, 2.75) is 12.6 Å². The summed E-state index contributed by atoms with van der Waals surface area (Å²) in [6.45, 7) is 0. The number of nitrogens with one attached hydrogen (secondary N) is 1. The number of hydrogen-bond donors (Lipinski definition) is 1. The van der Waals surface area contributed by atoms with E-state index in [0.717, 1.165) is 6.20 Å². The number of ether oxygens (including phenoxy) is 1. The van der Waals surface area contributed by atoms with Crippen LogP contribution in [0, 0.1) is 0 Å². The van der Waals surface area contributed by atoms with Crippen molar-refractivity contribution in [2.24, 2.45) is 0 Å². The molecule has 2 aromatic carbocycles. The third kappa shape index (κ3) is 5.20. The van der Waals surface area contributed by atoms with Crippen molar-refractivity contribution in [3.8, 4) is 0 Å². The molecule has 2 aromatic rings. The fourth-order valence-electron chi connectivity index (χ4n) is 2.19. The summed E-state index contributed by atoms with van der Waals surface area (Å²) in [4.78, 5) is 23.0. The van der Waals surface area contributed by atoms with Crippen LogP contribution >= 0.6 is 0 Å². The second-order valence-corrected chi connectivity index (χ2v) is 5.37. The molecule has 0 spiro atoms. The number of ketones is 1. The summed E-state index contributed by atoms with van der Waals surface area (Å²) in [5.74, 6) is -2.43. The van der Waals surface area contributed by atoms with Crippen molar-refractivity contribution in [1.29, 1.82) is 0 Å². The summed E-state index contributed by atoms with van der Waals surface area (Å²) in [6.07, 6.45) is -4.08. The second-order valence-electron chi connectivity index (χ2n) is 5.37. The van der Waals surface area contributed by atoms with Crippen LogP contribution in [0.1, 0.15) is 15.9 Å². The highest BCUT2D eigenvalue weighted by Crippen LogP contribution is 2.23. The van der Waals surface area contributed by atoms with Gasteiger partial charge >= 0.3 is 12.1 Å². The normalized spacial score (nSPS) is 11.8. The van der Waals surface area contributed by atoms with Gasteiger partial charge < -0.3 is 10.1 Å². The first kappa shape index (κ1) is 19.2. The number of esters is 1. The fraction of sp³-hybridized carbons (Fsp3) is 0.158. The molecule has 0 aliphatic heterocycles. The number of carbonyl (C=O) groups excluding carboxylic acids is 2. The van der Waals surface area contributed by atoms with Gasteiger partial charge in [-0.25, -0.2) is 4.79 Å². The number of Topliss-reactive ketones (excluding diaryl/α,β-unsaturated/α-hetero) is 1. The molecule has 0 fully saturated rings. The van der Waals surface area contributed by atoms with E-state index < -0.39 is 23.5 Å². The maximum atomic E-state index is 12.8. The number of carbonyl (C=O) groups is 2. The molecule has 0 aromatic heterocycles. The molecule has 0 aliphatic rings. The van der Waals surface area contributed by atoms with E-state index in [9.17, 15) is 22.8 Å². The van der Waals surface area contributed by atoms with Gasteiger partial charge in [0.1, 0.15) is 0 Å². The van der Waals surface area contributed by atoms with Gasteiger partial charge in [0.15, 0.2) is 0 Å². The Morgan fingerprint density at radius 2 is 1.65 bits per heavy atom. The van der Waals surface area contributed by atoms with Gasteiger partial charge in [0.2, 0.25) is 0 Å². The van der Waals surface area contributed by atoms with Gasteiger partial charge in [-0.3, -0.25) is 4.79 Å². The second kappa shape index (κ2) is 8.33. The van der Waals surface area contributed by atoms with Gasteiger partial charge in [-0.2, -0.15) is 13.2 Å². The molecular formula is C19H16F3NO3. The molecule has 0 atom stereocenters. The number of methoxy groups -OCH3 is 1. The Morgan fingerprint density at radius 1 is 1.04 bits per heavy atom. The molecule has 0 saturated heterocycles. The molecule has 26 heavy (non-hydrogen) atoms. The Labute approximate surface area is 148 Å². The lowest BCUT2D eigenvalue weighted by atomic mass is 10.0. The van der Waals surface area contributed by atoms with Crippen molar-refractivity contribution in [1.82, 2.24) is 0 Å². The Kier molecular flexibility index (Phi) is 6.16. The maximum absolute atomic E-state index is 12.8. The van der Waals surface area contributed by atoms with E-state index in [1.165, 1.54) is 31.4 Å². The highest BCUT2D eigenvalue weighted by Gasteiger charge is 2.40. The molecule has 0 aliphatic carbocycles. The van der Waals surface area contributed by atoms with Crippen LogP contribution in [0.5, 0.6) is 0 Å². The maximum Gasteiger partial charge on any atom is 0.454 e. The zero-order valence-electron chi connectivity index (χ0n) is 13.8. The molecule has 1 N–H and O–H groups in total. The van der Waals surface area contributed by atoms with E-state index in [2.05, 4.69) is 10.1 Å². The minimum Gasteiger partial charge on any atom is -0.465 e. The van der Waals surface area contributed by atoms with E-state index in [1.807, 2.05) is 0 Å². The quantitative estimate of drug-likeness (QED) is 0.619. The first-order valence-electron chi connectivity index (χ1n) is 7.60. The molecule has 0 unspecified atom stereocenters. The largest absolute Gasteiger partial charge is 0.465 e. The number of anilines is 1. The van der Waals surface area contributed by atoms with E-state index in [1.54, 1.807) is 30.3 Å².